The Morgan fingerprint density at radius 3 is 2.57 bits per heavy atom. The van der Waals surface area contributed by atoms with Gasteiger partial charge in [-0.05, 0) is 45.2 Å². The predicted molar refractivity (Wildman–Crippen MR) is 114 cm³/mol. The van der Waals surface area contributed by atoms with Crippen LogP contribution in [0.25, 0.3) is 10.9 Å². The van der Waals surface area contributed by atoms with Gasteiger partial charge in [0.15, 0.2) is 11.6 Å². The Morgan fingerprint density at radius 1 is 1.27 bits per heavy atom. The number of anilines is 1. The molecular formula is C21H26ClF2N3O3. The molecule has 6 nitrogen and oxygen atoms in total. The average molecular weight is 442 g/mol. The third-order valence-corrected chi connectivity index (χ3v) is 6.02. The van der Waals surface area contributed by atoms with E-state index in [2.05, 4.69) is 5.32 Å². The summed E-state index contributed by atoms with van der Waals surface area (Å²) in [6, 6.07) is -0.0662. The second-order valence-electron chi connectivity index (χ2n) is 8.05. The lowest BCUT2D eigenvalue weighted by molar-refractivity contribution is 0.0695. The van der Waals surface area contributed by atoms with E-state index in [4.69, 9.17) is 0 Å². The van der Waals surface area contributed by atoms with Crippen molar-refractivity contribution in [2.75, 3.05) is 31.1 Å². The van der Waals surface area contributed by atoms with Crippen LogP contribution < -0.4 is 15.6 Å². The van der Waals surface area contributed by atoms with Crippen LogP contribution in [-0.2, 0) is 0 Å². The summed E-state index contributed by atoms with van der Waals surface area (Å²) in [5, 5.41) is 12.5. The van der Waals surface area contributed by atoms with Gasteiger partial charge in [-0.3, -0.25) is 4.79 Å². The Balaban J connectivity index is 0.00000256. The van der Waals surface area contributed by atoms with Crippen molar-refractivity contribution >= 4 is 35.0 Å². The lowest BCUT2D eigenvalue weighted by Crippen LogP contribution is -2.28. The monoisotopic (exact) mass is 441 g/mol. The summed E-state index contributed by atoms with van der Waals surface area (Å²) < 4.78 is 32.5. The van der Waals surface area contributed by atoms with E-state index in [0.29, 0.717) is 19.0 Å². The van der Waals surface area contributed by atoms with Gasteiger partial charge < -0.3 is 19.9 Å². The molecule has 2 fully saturated rings. The van der Waals surface area contributed by atoms with E-state index in [0.717, 1.165) is 32.4 Å². The third-order valence-electron chi connectivity index (χ3n) is 6.02. The van der Waals surface area contributed by atoms with Crippen LogP contribution in [0.2, 0.25) is 0 Å². The normalized spacial score (nSPS) is 18.7. The highest BCUT2D eigenvalue weighted by Gasteiger charge is 2.34. The van der Waals surface area contributed by atoms with Gasteiger partial charge in [0, 0.05) is 30.9 Å². The number of carboxylic acids is 1. The molecule has 0 radical (unpaired) electrons. The number of halogens is 3. The van der Waals surface area contributed by atoms with Gasteiger partial charge >= 0.3 is 5.97 Å². The molecule has 1 aromatic carbocycles. The van der Waals surface area contributed by atoms with E-state index < -0.39 is 28.6 Å². The maximum absolute atomic E-state index is 15.7. The Kier molecular flexibility index (Phi) is 6.38. The van der Waals surface area contributed by atoms with Gasteiger partial charge in [0.1, 0.15) is 11.3 Å². The summed E-state index contributed by atoms with van der Waals surface area (Å²) in [4.78, 5) is 26.0. The summed E-state index contributed by atoms with van der Waals surface area (Å²) in [6.07, 6.45) is 3.59. The Labute approximate surface area is 179 Å². The zero-order valence-electron chi connectivity index (χ0n) is 17.0. The van der Waals surface area contributed by atoms with Crippen molar-refractivity contribution in [3.8, 4) is 0 Å². The van der Waals surface area contributed by atoms with Crippen molar-refractivity contribution in [1.29, 1.82) is 0 Å². The first-order valence-corrected chi connectivity index (χ1v) is 10.1. The SMILES string of the molecule is CCNCC1CCN(c2c(F)c(C)c3c(=O)c(C(=O)O)cn(C4CC4)c3c2F)C1.Cl. The first-order valence-electron chi connectivity index (χ1n) is 10.1. The fraction of sp³-hybridized carbons (Fsp3) is 0.524. The fourth-order valence-corrected chi connectivity index (χ4v) is 4.32. The molecule has 2 aromatic rings. The number of carbonyl (C=O) groups is 1. The molecule has 1 saturated heterocycles. The minimum atomic E-state index is -1.39. The predicted octanol–water partition coefficient (Wildman–Crippen LogP) is 3.48. The molecule has 2 N–H and O–H groups in total. The Hall–Kier alpha value is -2.19. The largest absolute Gasteiger partial charge is 0.477 e. The van der Waals surface area contributed by atoms with E-state index in [9.17, 15) is 14.7 Å². The van der Waals surface area contributed by atoms with Crippen molar-refractivity contribution in [3.63, 3.8) is 0 Å². The lowest BCUT2D eigenvalue weighted by Gasteiger charge is -2.24. The van der Waals surface area contributed by atoms with E-state index in [-0.39, 0.29) is 40.6 Å². The molecule has 0 spiro atoms. The second kappa shape index (κ2) is 8.51. The molecule has 1 unspecified atom stereocenters. The third kappa shape index (κ3) is 3.67. The number of nitrogens with one attached hydrogen (secondary N) is 1. The molecule has 1 saturated carbocycles. The summed E-state index contributed by atoms with van der Waals surface area (Å²) in [6.45, 7) is 6.14. The molecule has 0 amide bonds. The van der Waals surface area contributed by atoms with Gasteiger partial charge in [0.25, 0.3) is 0 Å². The number of benzene rings is 1. The van der Waals surface area contributed by atoms with Crippen molar-refractivity contribution in [3.05, 3.63) is 39.2 Å². The molecule has 9 heteroatoms. The van der Waals surface area contributed by atoms with Gasteiger partial charge in [-0.2, -0.15) is 0 Å². The van der Waals surface area contributed by atoms with Gasteiger partial charge in [-0.1, -0.05) is 6.92 Å². The van der Waals surface area contributed by atoms with Gasteiger partial charge in [-0.15, -0.1) is 12.4 Å². The number of rotatable bonds is 6. The van der Waals surface area contributed by atoms with Crippen LogP contribution in [0.4, 0.5) is 14.5 Å². The van der Waals surface area contributed by atoms with Crippen molar-refractivity contribution in [1.82, 2.24) is 9.88 Å². The smallest absolute Gasteiger partial charge is 0.341 e. The highest BCUT2D eigenvalue weighted by atomic mass is 35.5. The van der Waals surface area contributed by atoms with Gasteiger partial charge in [-0.25, -0.2) is 13.6 Å². The molecule has 1 aromatic heterocycles. The van der Waals surface area contributed by atoms with Crippen molar-refractivity contribution in [2.24, 2.45) is 5.92 Å². The number of aryl methyl sites for hydroxylation is 1. The number of nitrogens with zero attached hydrogens (tertiary/aromatic N) is 2. The second-order valence-corrected chi connectivity index (χ2v) is 8.05. The first-order chi connectivity index (χ1) is 13.8. The standard InChI is InChI=1S/C21H25F2N3O3.ClH/c1-3-24-8-12-6-7-25(9-12)19-16(22)11(2)15-18(17(19)23)26(13-4-5-13)10-14(20(15)27)21(28)29;/h10,12-13,24H,3-9H2,1-2H3,(H,28,29);1H. The number of hydrogen-bond acceptors (Lipinski definition) is 4. The van der Waals surface area contributed by atoms with Crippen molar-refractivity contribution < 1.29 is 18.7 Å². The summed E-state index contributed by atoms with van der Waals surface area (Å²) >= 11 is 0. The maximum Gasteiger partial charge on any atom is 0.341 e. The number of aromatic carboxylic acids is 1. The number of pyridine rings is 1. The van der Waals surface area contributed by atoms with Crippen molar-refractivity contribution in [2.45, 2.75) is 39.2 Å². The highest BCUT2D eigenvalue weighted by molar-refractivity contribution is 5.95. The van der Waals surface area contributed by atoms with Crippen LogP contribution in [0.15, 0.2) is 11.0 Å². The minimum absolute atomic E-state index is 0. The molecule has 1 atom stereocenters. The van der Waals surface area contributed by atoms with Crippen LogP contribution in [0.5, 0.6) is 0 Å². The van der Waals surface area contributed by atoms with E-state index in [1.54, 1.807) is 4.90 Å². The fourth-order valence-electron chi connectivity index (χ4n) is 4.32. The molecule has 1 aliphatic carbocycles. The summed E-state index contributed by atoms with van der Waals surface area (Å²) in [5.41, 5.74) is -1.37. The quantitative estimate of drug-likeness (QED) is 0.718. The number of aromatic nitrogens is 1. The topological polar surface area (TPSA) is 74.6 Å². The van der Waals surface area contributed by atoms with E-state index in [1.165, 1.54) is 17.7 Å². The first kappa shape index (κ1) is 22.5. The van der Waals surface area contributed by atoms with Crippen LogP contribution in [-0.4, -0.2) is 41.8 Å². The zero-order chi connectivity index (χ0) is 20.9. The van der Waals surface area contributed by atoms with Gasteiger partial charge in [0.05, 0.1) is 10.9 Å². The number of carboxylic acid groups (broad SMARTS) is 1. The number of fused-ring (bicyclic) bond motifs is 1. The molecule has 1 aliphatic heterocycles. The molecule has 4 rings (SSSR count). The molecule has 2 aliphatic rings. The molecular weight excluding hydrogens is 416 g/mol. The lowest BCUT2D eigenvalue weighted by atomic mass is 10.0. The summed E-state index contributed by atoms with van der Waals surface area (Å²) in [7, 11) is 0. The Bertz CT molecular complexity index is 1050. The molecule has 164 valence electrons. The highest BCUT2D eigenvalue weighted by Crippen LogP contribution is 2.41. The maximum atomic E-state index is 15.7. The van der Waals surface area contributed by atoms with Crippen LogP contribution in [0.3, 0.4) is 0 Å². The van der Waals surface area contributed by atoms with Gasteiger partial charge in [0.2, 0.25) is 5.43 Å². The summed E-state index contributed by atoms with van der Waals surface area (Å²) in [5.74, 6) is -2.64. The van der Waals surface area contributed by atoms with E-state index >= 15 is 8.78 Å². The molecule has 2 heterocycles. The Morgan fingerprint density at radius 2 is 1.97 bits per heavy atom. The number of hydrogen-bond donors (Lipinski definition) is 2. The average Bonchev–Trinajstić information content (AvgIpc) is 3.43. The molecule has 30 heavy (non-hydrogen) atoms. The van der Waals surface area contributed by atoms with Crippen LogP contribution >= 0.6 is 12.4 Å². The zero-order valence-corrected chi connectivity index (χ0v) is 17.8. The van der Waals surface area contributed by atoms with Crippen LogP contribution in [0.1, 0.15) is 48.1 Å². The van der Waals surface area contributed by atoms with E-state index in [1.807, 2.05) is 6.92 Å². The van der Waals surface area contributed by atoms with Crippen LogP contribution in [0, 0.1) is 24.5 Å². The minimum Gasteiger partial charge on any atom is -0.477 e. The molecule has 0 bridgehead atoms.